The van der Waals surface area contributed by atoms with Crippen molar-refractivity contribution in [2.45, 2.75) is 6.92 Å². The van der Waals surface area contributed by atoms with E-state index in [-0.39, 0.29) is 0 Å². The van der Waals surface area contributed by atoms with Crippen LogP contribution in [-0.2, 0) is 4.79 Å². The molecule has 0 bridgehead atoms. The van der Waals surface area contributed by atoms with E-state index in [2.05, 4.69) is 10.9 Å². The number of amides is 2. The molecule has 1 rings (SSSR count). The van der Waals surface area contributed by atoms with Crippen LogP contribution in [-0.4, -0.2) is 35.2 Å². The van der Waals surface area contributed by atoms with Gasteiger partial charge in [-0.15, -0.1) is 0 Å². The summed E-state index contributed by atoms with van der Waals surface area (Å²) in [5.41, 5.74) is 3.44. The van der Waals surface area contributed by atoms with Crippen LogP contribution in [0.1, 0.15) is 17.3 Å². The van der Waals surface area contributed by atoms with E-state index < -0.39 is 30.4 Å². The Hall–Kier alpha value is -1.92. The third kappa shape index (κ3) is 3.28. The zero-order chi connectivity index (χ0) is 13.6. The third-order valence-corrected chi connectivity index (χ3v) is 2.57. The number of aliphatic hydroxyl groups is 2. The van der Waals surface area contributed by atoms with E-state index in [4.69, 9.17) is 10.2 Å². The molecular formula is C12H16N2O4. The number of nitrogens with one attached hydrogen (secondary N) is 2. The highest BCUT2D eigenvalue weighted by atomic mass is 16.3. The topological polar surface area (TPSA) is 98.7 Å². The Balaban J connectivity index is 2.56. The first-order valence-electron chi connectivity index (χ1n) is 5.41. The van der Waals surface area contributed by atoms with Gasteiger partial charge in [-0.25, -0.2) is 0 Å². The summed E-state index contributed by atoms with van der Waals surface area (Å²) in [5.74, 6) is -1.13. The fourth-order valence-corrected chi connectivity index (χ4v) is 1.12. The van der Waals surface area contributed by atoms with Gasteiger partial charge >= 0.3 is 0 Å². The Morgan fingerprint density at radius 3 is 2.17 bits per heavy atom. The first-order valence-corrected chi connectivity index (χ1v) is 5.41. The van der Waals surface area contributed by atoms with Crippen LogP contribution in [0.15, 0.2) is 30.3 Å². The van der Waals surface area contributed by atoms with Crippen molar-refractivity contribution in [3.8, 4) is 0 Å². The van der Waals surface area contributed by atoms with Gasteiger partial charge in [-0.05, 0) is 19.1 Å². The van der Waals surface area contributed by atoms with Crippen LogP contribution in [0.3, 0.4) is 0 Å². The van der Waals surface area contributed by atoms with Crippen LogP contribution in [0, 0.1) is 5.41 Å². The molecule has 1 aromatic rings. The number of aliphatic hydroxyl groups excluding tert-OH is 2. The molecule has 0 aliphatic carbocycles. The van der Waals surface area contributed by atoms with Gasteiger partial charge in [0.1, 0.15) is 0 Å². The largest absolute Gasteiger partial charge is 0.395 e. The lowest BCUT2D eigenvalue weighted by Crippen LogP contribution is -2.51. The number of rotatable bonds is 4. The summed E-state index contributed by atoms with van der Waals surface area (Å²) in [6, 6.07) is 8.35. The summed E-state index contributed by atoms with van der Waals surface area (Å²) in [4.78, 5) is 23.2. The second-order valence-electron chi connectivity index (χ2n) is 4.15. The highest BCUT2D eigenvalue weighted by molar-refractivity contribution is 5.95. The Kier molecular flexibility index (Phi) is 4.82. The number of hydrogen-bond donors (Lipinski definition) is 4. The number of benzene rings is 1. The van der Waals surface area contributed by atoms with E-state index in [0.29, 0.717) is 5.56 Å². The molecule has 1 aromatic carbocycles. The summed E-state index contributed by atoms with van der Waals surface area (Å²) in [6.07, 6.45) is 0. The van der Waals surface area contributed by atoms with Crippen LogP contribution in [0.5, 0.6) is 0 Å². The maximum atomic E-state index is 11.6. The van der Waals surface area contributed by atoms with Gasteiger partial charge in [0.2, 0.25) is 5.91 Å². The minimum atomic E-state index is -1.33. The lowest BCUT2D eigenvalue weighted by Gasteiger charge is -2.23. The van der Waals surface area contributed by atoms with Crippen molar-refractivity contribution >= 4 is 11.8 Å². The van der Waals surface area contributed by atoms with Gasteiger partial charge in [0.15, 0.2) is 0 Å². The molecule has 6 nitrogen and oxygen atoms in total. The minimum Gasteiger partial charge on any atom is -0.395 e. The molecule has 0 unspecified atom stereocenters. The minimum absolute atomic E-state index is 0.396. The molecule has 0 aliphatic heterocycles. The Labute approximate surface area is 105 Å². The van der Waals surface area contributed by atoms with Crippen LogP contribution in [0.25, 0.3) is 0 Å². The first kappa shape index (κ1) is 14.1. The molecule has 4 N–H and O–H groups in total. The number of hydrogen-bond acceptors (Lipinski definition) is 4. The second kappa shape index (κ2) is 6.13. The van der Waals surface area contributed by atoms with Crippen LogP contribution >= 0.6 is 0 Å². The molecule has 6 heteroatoms. The van der Waals surface area contributed by atoms with E-state index in [9.17, 15) is 9.59 Å². The van der Waals surface area contributed by atoms with Crippen molar-refractivity contribution in [2.24, 2.45) is 5.41 Å². The molecule has 18 heavy (non-hydrogen) atoms. The number of carbonyl (C=O) groups is 2. The summed E-state index contributed by atoms with van der Waals surface area (Å²) >= 11 is 0. The van der Waals surface area contributed by atoms with Crippen molar-refractivity contribution in [3.05, 3.63) is 35.9 Å². The molecule has 0 saturated carbocycles. The SMILES string of the molecule is CC(CO)(CO)C(=O)NNC(=O)c1ccccc1. The smallest absolute Gasteiger partial charge is 0.269 e. The quantitative estimate of drug-likeness (QED) is 0.540. The third-order valence-electron chi connectivity index (χ3n) is 2.57. The normalized spacial score (nSPS) is 10.8. The van der Waals surface area contributed by atoms with Crippen molar-refractivity contribution in [1.29, 1.82) is 0 Å². The summed E-state index contributed by atoms with van der Waals surface area (Å²) < 4.78 is 0. The fourth-order valence-electron chi connectivity index (χ4n) is 1.12. The maximum absolute atomic E-state index is 11.6. The van der Waals surface area contributed by atoms with Gasteiger partial charge in [-0.1, -0.05) is 18.2 Å². The van der Waals surface area contributed by atoms with Gasteiger partial charge in [0.25, 0.3) is 5.91 Å². The Morgan fingerprint density at radius 2 is 1.67 bits per heavy atom. The van der Waals surface area contributed by atoms with Crippen molar-refractivity contribution in [2.75, 3.05) is 13.2 Å². The molecule has 0 saturated heterocycles. The molecule has 0 aromatic heterocycles. The summed E-state index contributed by atoms with van der Waals surface area (Å²) in [5, 5.41) is 18.0. The van der Waals surface area contributed by atoms with E-state index >= 15 is 0 Å². The van der Waals surface area contributed by atoms with Crippen molar-refractivity contribution in [1.82, 2.24) is 10.9 Å². The lowest BCUT2D eigenvalue weighted by molar-refractivity contribution is -0.135. The fraction of sp³-hybridized carbons (Fsp3) is 0.333. The molecule has 0 radical (unpaired) electrons. The predicted octanol–water partition coefficient (Wildman–Crippen LogP) is -0.561. The standard InChI is InChI=1S/C12H16N2O4/c1-12(7-15,8-16)11(18)14-13-10(17)9-5-3-2-4-6-9/h2-6,15-16H,7-8H2,1H3,(H,13,17)(H,14,18). The molecule has 0 spiro atoms. The monoisotopic (exact) mass is 252 g/mol. The average molecular weight is 252 g/mol. The van der Waals surface area contributed by atoms with E-state index in [0.717, 1.165) is 0 Å². The zero-order valence-corrected chi connectivity index (χ0v) is 10.0. The molecule has 0 heterocycles. The summed E-state index contributed by atoms with van der Waals surface area (Å²) in [6.45, 7) is 0.351. The molecular weight excluding hydrogens is 236 g/mol. The molecule has 0 aliphatic rings. The van der Waals surface area contributed by atoms with Crippen LogP contribution in [0.4, 0.5) is 0 Å². The van der Waals surface area contributed by atoms with Gasteiger partial charge < -0.3 is 10.2 Å². The maximum Gasteiger partial charge on any atom is 0.269 e. The number of hydrazine groups is 1. The van der Waals surface area contributed by atoms with E-state index in [1.807, 2.05) is 0 Å². The van der Waals surface area contributed by atoms with Crippen molar-refractivity contribution < 1.29 is 19.8 Å². The number of carbonyl (C=O) groups excluding carboxylic acids is 2. The molecule has 0 atom stereocenters. The molecule has 2 amide bonds. The Bertz CT molecular complexity index is 415. The summed E-state index contributed by atoms with van der Waals surface area (Å²) in [7, 11) is 0. The van der Waals surface area contributed by atoms with E-state index in [1.54, 1.807) is 30.3 Å². The molecule has 98 valence electrons. The van der Waals surface area contributed by atoms with Gasteiger partial charge in [-0.3, -0.25) is 20.4 Å². The average Bonchev–Trinajstić information content (AvgIpc) is 2.44. The first-order chi connectivity index (χ1) is 8.53. The van der Waals surface area contributed by atoms with Gasteiger partial charge in [0.05, 0.1) is 18.6 Å². The lowest BCUT2D eigenvalue weighted by atomic mass is 9.92. The zero-order valence-electron chi connectivity index (χ0n) is 10.0. The van der Waals surface area contributed by atoms with Crippen LogP contribution in [0.2, 0.25) is 0 Å². The highest BCUT2D eigenvalue weighted by Gasteiger charge is 2.32. The van der Waals surface area contributed by atoms with Crippen molar-refractivity contribution in [3.63, 3.8) is 0 Å². The van der Waals surface area contributed by atoms with Crippen LogP contribution < -0.4 is 10.9 Å². The Morgan fingerprint density at radius 1 is 1.11 bits per heavy atom. The van der Waals surface area contributed by atoms with E-state index in [1.165, 1.54) is 6.92 Å². The molecule has 0 fully saturated rings. The highest BCUT2D eigenvalue weighted by Crippen LogP contribution is 2.13. The van der Waals surface area contributed by atoms with Gasteiger partial charge in [0, 0.05) is 5.56 Å². The predicted molar refractivity (Wildman–Crippen MR) is 64.3 cm³/mol. The van der Waals surface area contributed by atoms with Gasteiger partial charge in [-0.2, -0.15) is 0 Å². The second-order valence-corrected chi connectivity index (χ2v) is 4.15.